The fourth-order valence-electron chi connectivity index (χ4n) is 1.84. The monoisotopic (exact) mass is 317 g/mol. The zero-order valence-corrected chi connectivity index (χ0v) is 13.5. The van der Waals surface area contributed by atoms with Gasteiger partial charge >= 0.3 is 0 Å². The highest BCUT2D eigenvalue weighted by Crippen LogP contribution is 2.16. The van der Waals surface area contributed by atoms with Gasteiger partial charge in [-0.2, -0.15) is 0 Å². The lowest BCUT2D eigenvalue weighted by Crippen LogP contribution is -2.33. The molecule has 0 radical (unpaired) electrons. The number of carbonyl (C=O) groups excluding carboxylic acids is 1. The zero-order chi connectivity index (χ0) is 15.3. The maximum absolute atomic E-state index is 12.0. The third-order valence-electron chi connectivity index (χ3n) is 2.72. The summed E-state index contributed by atoms with van der Waals surface area (Å²) in [6, 6.07) is 7.19. The van der Waals surface area contributed by atoms with Crippen LogP contribution in [-0.2, 0) is 21.2 Å². The topological polar surface area (TPSA) is 54.5 Å². The third kappa shape index (κ3) is 5.51. The van der Waals surface area contributed by atoms with E-state index in [1.54, 1.807) is 19.2 Å². The number of rotatable bonds is 6. The largest absolute Gasteiger partial charge is 0.340 e. The normalized spacial score (nSPS) is 11.7. The lowest BCUT2D eigenvalue weighted by molar-refractivity contribution is -0.127. The van der Waals surface area contributed by atoms with Gasteiger partial charge in [0.25, 0.3) is 0 Å². The summed E-state index contributed by atoms with van der Waals surface area (Å²) in [5, 5.41) is 0.567. The molecule has 1 amide bonds. The number of benzene rings is 1. The second kappa shape index (κ2) is 7.09. The van der Waals surface area contributed by atoms with E-state index in [0.29, 0.717) is 11.6 Å². The Morgan fingerprint density at radius 3 is 2.45 bits per heavy atom. The molecule has 0 unspecified atom stereocenters. The fraction of sp³-hybridized carbons (Fsp3) is 0.500. The maximum Gasteiger partial charge on any atom is 0.237 e. The highest BCUT2D eigenvalue weighted by molar-refractivity contribution is 7.92. The van der Waals surface area contributed by atoms with Crippen LogP contribution >= 0.6 is 11.6 Å². The van der Waals surface area contributed by atoms with Crippen molar-refractivity contribution >= 4 is 27.3 Å². The minimum Gasteiger partial charge on any atom is -0.340 e. The van der Waals surface area contributed by atoms with E-state index >= 15 is 0 Å². The molecule has 0 heterocycles. The van der Waals surface area contributed by atoms with Crippen molar-refractivity contribution in [2.75, 3.05) is 18.6 Å². The van der Waals surface area contributed by atoms with Gasteiger partial charge in [0.05, 0.1) is 5.75 Å². The maximum atomic E-state index is 12.0. The first kappa shape index (κ1) is 17.0. The van der Waals surface area contributed by atoms with Crippen LogP contribution in [0.15, 0.2) is 24.3 Å². The Morgan fingerprint density at radius 1 is 1.30 bits per heavy atom. The molecule has 1 aromatic carbocycles. The minimum atomic E-state index is -3.35. The average Bonchev–Trinajstić information content (AvgIpc) is 2.29. The number of halogens is 1. The van der Waals surface area contributed by atoms with Crippen LogP contribution in [0.2, 0.25) is 5.02 Å². The van der Waals surface area contributed by atoms with Crippen LogP contribution in [0, 0.1) is 5.92 Å². The smallest absolute Gasteiger partial charge is 0.237 e. The van der Waals surface area contributed by atoms with Crippen LogP contribution in [0.5, 0.6) is 0 Å². The van der Waals surface area contributed by atoms with E-state index in [0.717, 1.165) is 5.56 Å². The Labute approximate surface area is 125 Å². The van der Waals surface area contributed by atoms with Crippen LogP contribution in [0.25, 0.3) is 0 Å². The molecule has 1 rings (SSSR count). The molecule has 0 fully saturated rings. The van der Waals surface area contributed by atoms with Gasteiger partial charge in [-0.3, -0.25) is 4.79 Å². The van der Waals surface area contributed by atoms with Crippen LogP contribution in [-0.4, -0.2) is 37.8 Å². The molecule has 0 atom stereocenters. The van der Waals surface area contributed by atoms with Gasteiger partial charge in [-0.05, 0) is 17.5 Å². The van der Waals surface area contributed by atoms with E-state index in [1.807, 2.05) is 26.0 Å². The Morgan fingerprint density at radius 2 is 1.90 bits per heavy atom. The van der Waals surface area contributed by atoms with Crippen LogP contribution in [0.1, 0.15) is 19.4 Å². The second-order valence-electron chi connectivity index (χ2n) is 5.29. The van der Waals surface area contributed by atoms with Crippen molar-refractivity contribution in [3.8, 4) is 0 Å². The van der Waals surface area contributed by atoms with Crippen LogP contribution < -0.4 is 0 Å². The van der Waals surface area contributed by atoms with Gasteiger partial charge in [-0.1, -0.05) is 43.6 Å². The predicted octanol–water partition coefficient (Wildman–Crippen LogP) is 2.37. The Hall–Kier alpha value is -1.07. The molecule has 6 heteroatoms. The lowest BCUT2D eigenvalue weighted by Gasteiger charge is -2.18. The molecule has 0 saturated heterocycles. The summed E-state index contributed by atoms with van der Waals surface area (Å²) in [7, 11) is -1.77. The predicted molar refractivity (Wildman–Crippen MR) is 81.4 cm³/mol. The molecule has 0 saturated carbocycles. The van der Waals surface area contributed by atoms with E-state index in [9.17, 15) is 13.2 Å². The number of carbonyl (C=O) groups is 1. The zero-order valence-electron chi connectivity index (χ0n) is 12.0. The number of amides is 1. The molecule has 1 aromatic rings. The van der Waals surface area contributed by atoms with E-state index in [-0.39, 0.29) is 11.7 Å². The first-order valence-corrected chi connectivity index (χ1v) is 8.59. The molecule has 4 nitrogen and oxygen atoms in total. The highest BCUT2D eigenvalue weighted by atomic mass is 35.5. The van der Waals surface area contributed by atoms with Gasteiger partial charge < -0.3 is 4.90 Å². The van der Waals surface area contributed by atoms with Crippen molar-refractivity contribution in [2.45, 2.75) is 20.4 Å². The summed E-state index contributed by atoms with van der Waals surface area (Å²) < 4.78 is 23.6. The second-order valence-corrected chi connectivity index (χ2v) is 7.81. The Kier molecular flexibility index (Phi) is 6.02. The minimum absolute atomic E-state index is 0.0154. The van der Waals surface area contributed by atoms with E-state index in [2.05, 4.69) is 0 Å². The molecule has 0 spiro atoms. The van der Waals surface area contributed by atoms with Gasteiger partial charge in [0.2, 0.25) is 5.91 Å². The first-order chi connectivity index (χ1) is 9.21. The van der Waals surface area contributed by atoms with Crippen molar-refractivity contribution in [1.82, 2.24) is 4.90 Å². The van der Waals surface area contributed by atoms with Gasteiger partial charge in [-0.15, -0.1) is 0 Å². The molecule has 20 heavy (non-hydrogen) atoms. The molecule has 0 N–H and O–H groups in total. The van der Waals surface area contributed by atoms with E-state index < -0.39 is 21.5 Å². The summed E-state index contributed by atoms with van der Waals surface area (Å²) >= 11 is 6.02. The third-order valence-corrected chi connectivity index (χ3v) is 4.95. The summed E-state index contributed by atoms with van der Waals surface area (Å²) in [6.45, 7) is 3.93. The SMILES string of the molecule is CC(C)CS(=O)(=O)CC(=O)N(C)Cc1ccccc1Cl. The van der Waals surface area contributed by atoms with Gasteiger partial charge in [0, 0.05) is 18.6 Å². The van der Waals surface area contributed by atoms with E-state index in [4.69, 9.17) is 11.6 Å². The van der Waals surface area contributed by atoms with Crippen molar-refractivity contribution in [2.24, 2.45) is 5.92 Å². The Bertz CT molecular complexity index is 570. The molecule has 0 bridgehead atoms. The summed E-state index contributed by atoms with van der Waals surface area (Å²) in [5.74, 6) is -0.822. The molecule has 0 aliphatic heterocycles. The van der Waals surface area contributed by atoms with Crippen LogP contribution in [0.3, 0.4) is 0 Å². The first-order valence-electron chi connectivity index (χ1n) is 6.39. The number of hydrogen-bond donors (Lipinski definition) is 0. The quantitative estimate of drug-likeness (QED) is 0.809. The fourth-order valence-corrected chi connectivity index (χ4v) is 3.76. The molecule has 0 aliphatic carbocycles. The van der Waals surface area contributed by atoms with Crippen LogP contribution in [0.4, 0.5) is 0 Å². The van der Waals surface area contributed by atoms with Crippen molar-refractivity contribution < 1.29 is 13.2 Å². The average molecular weight is 318 g/mol. The van der Waals surface area contributed by atoms with Gasteiger partial charge in [0.15, 0.2) is 9.84 Å². The lowest BCUT2D eigenvalue weighted by atomic mass is 10.2. The molecule has 0 aromatic heterocycles. The van der Waals surface area contributed by atoms with Crippen molar-refractivity contribution in [1.29, 1.82) is 0 Å². The highest BCUT2D eigenvalue weighted by Gasteiger charge is 2.21. The Balaban J connectivity index is 2.67. The van der Waals surface area contributed by atoms with Gasteiger partial charge in [0.1, 0.15) is 5.75 Å². The number of sulfone groups is 1. The molecule has 0 aliphatic rings. The standard InChI is InChI=1S/C14H20ClNO3S/c1-11(2)9-20(18,19)10-14(17)16(3)8-12-6-4-5-7-13(12)15/h4-7,11H,8-10H2,1-3H3. The summed E-state index contributed by atoms with van der Waals surface area (Å²) in [6.07, 6.45) is 0. The number of hydrogen-bond acceptors (Lipinski definition) is 3. The van der Waals surface area contributed by atoms with E-state index in [1.165, 1.54) is 4.90 Å². The van der Waals surface area contributed by atoms with Crippen molar-refractivity contribution in [3.63, 3.8) is 0 Å². The number of nitrogens with zero attached hydrogens (tertiary/aromatic N) is 1. The summed E-state index contributed by atoms with van der Waals surface area (Å²) in [5.41, 5.74) is 0.797. The summed E-state index contributed by atoms with van der Waals surface area (Å²) in [4.78, 5) is 13.3. The molecule has 112 valence electrons. The van der Waals surface area contributed by atoms with Crippen molar-refractivity contribution in [3.05, 3.63) is 34.9 Å². The van der Waals surface area contributed by atoms with Gasteiger partial charge in [-0.25, -0.2) is 8.42 Å². The molecular weight excluding hydrogens is 298 g/mol. The molecular formula is C14H20ClNO3S.